The average Bonchev–Trinajstić information content (AvgIpc) is 2.63. The van der Waals surface area contributed by atoms with Crippen LogP contribution in [-0.2, 0) is 4.79 Å². The smallest absolute Gasteiger partial charge is 0.258 e. The van der Waals surface area contributed by atoms with Crippen LogP contribution in [-0.4, -0.2) is 49.2 Å². The fourth-order valence-electron chi connectivity index (χ4n) is 2.21. The number of ether oxygens (including phenoxy) is 2. The maximum atomic E-state index is 11.8. The molecule has 140 valence electrons. The summed E-state index contributed by atoms with van der Waals surface area (Å²) in [6.07, 6.45) is 0. The van der Waals surface area contributed by atoms with Crippen LogP contribution >= 0.6 is 0 Å². The number of anilines is 2. The van der Waals surface area contributed by atoms with Crippen molar-refractivity contribution in [2.45, 2.75) is 13.8 Å². The topological polar surface area (TPSA) is 97.4 Å². The third-order valence-corrected chi connectivity index (χ3v) is 3.36. The zero-order valence-corrected chi connectivity index (χ0v) is 15.3. The summed E-state index contributed by atoms with van der Waals surface area (Å²) in [5.41, 5.74) is 0. The minimum absolute atomic E-state index is 0.0512. The summed E-state index contributed by atoms with van der Waals surface area (Å²) in [6.45, 7) is 5.59. The summed E-state index contributed by atoms with van der Waals surface area (Å²) in [5.74, 6) is 3.26. The first-order valence-corrected chi connectivity index (χ1v) is 8.47. The fourth-order valence-corrected chi connectivity index (χ4v) is 2.21. The van der Waals surface area contributed by atoms with E-state index < -0.39 is 0 Å². The lowest BCUT2D eigenvalue weighted by Gasteiger charge is -2.10. The van der Waals surface area contributed by atoms with Crippen LogP contribution < -0.4 is 25.4 Å². The van der Waals surface area contributed by atoms with Crippen LogP contribution in [0.5, 0.6) is 11.5 Å². The lowest BCUT2D eigenvalue weighted by molar-refractivity contribution is -0.123. The Morgan fingerprint density at radius 3 is 2.54 bits per heavy atom. The van der Waals surface area contributed by atoms with Gasteiger partial charge in [-0.2, -0.15) is 0 Å². The quantitative estimate of drug-likeness (QED) is 0.557. The molecule has 2 rings (SSSR count). The van der Waals surface area contributed by atoms with Crippen molar-refractivity contribution in [3.8, 4) is 11.5 Å². The zero-order valence-electron chi connectivity index (χ0n) is 15.3. The van der Waals surface area contributed by atoms with Gasteiger partial charge in [0, 0.05) is 31.8 Å². The van der Waals surface area contributed by atoms with Crippen molar-refractivity contribution >= 4 is 17.5 Å². The number of nitrogens with one attached hydrogen (secondary N) is 3. The molecule has 8 heteroatoms. The van der Waals surface area contributed by atoms with E-state index in [1.165, 1.54) is 0 Å². The maximum absolute atomic E-state index is 11.8. The van der Waals surface area contributed by atoms with Crippen LogP contribution in [0.3, 0.4) is 0 Å². The average molecular weight is 359 g/mol. The van der Waals surface area contributed by atoms with E-state index in [2.05, 4.69) is 25.9 Å². The molecule has 0 spiro atoms. The largest absolute Gasteiger partial charge is 0.497 e. The number of aryl methyl sites for hydroxylation is 1. The number of carbonyl (C=O) groups is 1. The standard InChI is InChI=1S/C18H25N5O3/c1-4-19-16-11-17(23-13(2)22-16)20-8-9-21-18(24)12-26-15-7-5-6-14(10-15)25-3/h5-7,10-11H,4,8-9,12H2,1-3H3,(H,21,24)(H2,19,20,22,23). The summed E-state index contributed by atoms with van der Waals surface area (Å²) in [4.78, 5) is 20.4. The summed E-state index contributed by atoms with van der Waals surface area (Å²) in [7, 11) is 1.58. The molecule has 1 heterocycles. The van der Waals surface area contributed by atoms with Gasteiger partial charge in [-0.25, -0.2) is 9.97 Å². The molecular formula is C18H25N5O3. The van der Waals surface area contributed by atoms with Crippen LogP contribution in [0.25, 0.3) is 0 Å². The van der Waals surface area contributed by atoms with E-state index in [1.54, 1.807) is 25.3 Å². The van der Waals surface area contributed by atoms with Gasteiger partial charge in [-0.3, -0.25) is 4.79 Å². The van der Waals surface area contributed by atoms with Gasteiger partial charge in [-0.1, -0.05) is 6.07 Å². The Morgan fingerprint density at radius 1 is 1.08 bits per heavy atom. The molecule has 0 atom stereocenters. The second-order valence-corrected chi connectivity index (χ2v) is 5.46. The molecule has 3 N–H and O–H groups in total. The number of carbonyl (C=O) groups excluding carboxylic acids is 1. The summed E-state index contributed by atoms with van der Waals surface area (Å²) < 4.78 is 10.6. The SMILES string of the molecule is CCNc1cc(NCCNC(=O)COc2cccc(OC)c2)nc(C)n1. The normalized spacial score (nSPS) is 10.1. The third kappa shape index (κ3) is 6.46. The van der Waals surface area contributed by atoms with Gasteiger partial charge in [0.15, 0.2) is 6.61 Å². The van der Waals surface area contributed by atoms with Crippen LogP contribution in [0, 0.1) is 6.92 Å². The number of hydrogen-bond donors (Lipinski definition) is 3. The van der Waals surface area contributed by atoms with Crippen molar-refractivity contribution in [1.29, 1.82) is 0 Å². The number of benzene rings is 1. The molecule has 0 saturated carbocycles. The molecule has 0 fully saturated rings. The zero-order chi connectivity index (χ0) is 18.8. The first-order valence-electron chi connectivity index (χ1n) is 8.47. The molecule has 2 aromatic rings. The molecule has 0 aliphatic carbocycles. The van der Waals surface area contributed by atoms with E-state index in [0.29, 0.717) is 30.4 Å². The highest BCUT2D eigenvalue weighted by molar-refractivity contribution is 5.77. The highest BCUT2D eigenvalue weighted by Gasteiger charge is 2.04. The molecule has 8 nitrogen and oxygen atoms in total. The summed E-state index contributed by atoms with van der Waals surface area (Å²) >= 11 is 0. The van der Waals surface area contributed by atoms with Crippen LogP contribution in [0.2, 0.25) is 0 Å². The predicted octanol–water partition coefficient (Wildman–Crippen LogP) is 1.83. The Labute approximate surface area is 153 Å². The molecule has 0 unspecified atom stereocenters. The van der Waals surface area contributed by atoms with E-state index in [-0.39, 0.29) is 12.5 Å². The predicted molar refractivity (Wildman–Crippen MR) is 101 cm³/mol. The molecular weight excluding hydrogens is 334 g/mol. The van der Waals surface area contributed by atoms with E-state index in [4.69, 9.17) is 9.47 Å². The van der Waals surface area contributed by atoms with Crippen molar-refractivity contribution in [1.82, 2.24) is 15.3 Å². The van der Waals surface area contributed by atoms with Crippen molar-refractivity contribution in [2.24, 2.45) is 0 Å². The van der Waals surface area contributed by atoms with E-state index in [1.807, 2.05) is 26.0 Å². The van der Waals surface area contributed by atoms with Crippen LogP contribution in [0.4, 0.5) is 11.6 Å². The lowest BCUT2D eigenvalue weighted by Crippen LogP contribution is -2.32. The highest BCUT2D eigenvalue weighted by Crippen LogP contribution is 2.18. The lowest BCUT2D eigenvalue weighted by atomic mass is 10.3. The molecule has 26 heavy (non-hydrogen) atoms. The number of methoxy groups -OCH3 is 1. The number of amides is 1. The van der Waals surface area contributed by atoms with Gasteiger partial charge in [-0.15, -0.1) is 0 Å². The second kappa shape index (κ2) is 10.1. The Bertz CT molecular complexity index is 724. The first-order chi connectivity index (χ1) is 12.6. The number of aromatic nitrogens is 2. The van der Waals surface area contributed by atoms with Crippen molar-refractivity contribution in [3.05, 3.63) is 36.2 Å². The van der Waals surface area contributed by atoms with Crippen molar-refractivity contribution < 1.29 is 14.3 Å². The molecule has 1 aromatic carbocycles. The molecule has 0 aliphatic heterocycles. The van der Waals surface area contributed by atoms with Gasteiger partial charge in [0.1, 0.15) is 29.0 Å². The van der Waals surface area contributed by atoms with Gasteiger partial charge in [0.25, 0.3) is 5.91 Å². The molecule has 0 bridgehead atoms. The van der Waals surface area contributed by atoms with Crippen molar-refractivity contribution in [2.75, 3.05) is 44.0 Å². The Hall–Kier alpha value is -3.03. The molecule has 1 aromatic heterocycles. The molecule has 0 radical (unpaired) electrons. The van der Waals surface area contributed by atoms with Crippen LogP contribution in [0.15, 0.2) is 30.3 Å². The van der Waals surface area contributed by atoms with Crippen LogP contribution in [0.1, 0.15) is 12.7 Å². The van der Waals surface area contributed by atoms with Gasteiger partial charge >= 0.3 is 0 Å². The summed E-state index contributed by atoms with van der Waals surface area (Å²) in [5, 5.41) is 9.11. The number of rotatable bonds is 10. The van der Waals surface area contributed by atoms with Crippen molar-refractivity contribution in [3.63, 3.8) is 0 Å². The van der Waals surface area contributed by atoms with E-state index in [0.717, 1.165) is 18.2 Å². The summed E-state index contributed by atoms with van der Waals surface area (Å²) in [6, 6.07) is 8.96. The Kier molecular flexibility index (Phi) is 7.48. The van der Waals surface area contributed by atoms with E-state index >= 15 is 0 Å². The Morgan fingerprint density at radius 2 is 1.81 bits per heavy atom. The van der Waals surface area contributed by atoms with Gasteiger partial charge in [0.2, 0.25) is 0 Å². The second-order valence-electron chi connectivity index (χ2n) is 5.46. The highest BCUT2D eigenvalue weighted by atomic mass is 16.5. The number of nitrogens with zero attached hydrogens (tertiary/aromatic N) is 2. The van der Waals surface area contributed by atoms with Gasteiger partial charge in [-0.05, 0) is 26.0 Å². The fraction of sp³-hybridized carbons (Fsp3) is 0.389. The Balaban J connectivity index is 1.70. The minimum Gasteiger partial charge on any atom is -0.497 e. The monoisotopic (exact) mass is 359 g/mol. The first kappa shape index (κ1) is 19.3. The van der Waals surface area contributed by atoms with E-state index in [9.17, 15) is 4.79 Å². The minimum atomic E-state index is -0.193. The maximum Gasteiger partial charge on any atom is 0.258 e. The molecule has 1 amide bonds. The molecule has 0 saturated heterocycles. The third-order valence-electron chi connectivity index (χ3n) is 3.36. The van der Waals surface area contributed by atoms with Gasteiger partial charge < -0.3 is 25.4 Å². The number of hydrogen-bond acceptors (Lipinski definition) is 7. The van der Waals surface area contributed by atoms with Gasteiger partial charge in [0.05, 0.1) is 7.11 Å². The molecule has 0 aliphatic rings.